The van der Waals surface area contributed by atoms with Gasteiger partial charge in [0.25, 0.3) is 0 Å². The van der Waals surface area contributed by atoms with Gasteiger partial charge in [0.1, 0.15) is 5.72 Å². The van der Waals surface area contributed by atoms with Crippen molar-refractivity contribution in [3.05, 3.63) is 59.6 Å². The van der Waals surface area contributed by atoms with E-state index >= 15 is 0 Å². The molecule has 240 valence electrons. The predicted octanol–water partition coefficient (Wildman–Crippen LogP) is 3.67. The van der Waals surface area contributed by atoms with Crippen LogP contribution in [0.4, 0.5) is 0 Å². The second-order valence-corrected chi connectivity index (χ2v) is 15.0. The van der Waals surface area contributed by atoms with Crippen LogP contribution < -0.4 is 16.0 Å². The summed E-state index contributed by atoms with van der Waals surface area (Å²) in [6.07, 6.45) is 3.23. The monoisotopic (exact) mass is 643 g/mol. The molecule has 44 heavy (non-hydrogen) atoms. The first-order chi connectivity index (χ1) is 21.0. The number of rotatable bonds is 18. The molecule has 1 saturated carbocycles. The molecule has 12 heteroatoms. The van der Waals surface area contributed by atoms with Crippen molar-refractivity contribution in [2.45, 2.75) is 76.0 Å². The third-order valence-corrected chi connectivity index (χ3v) is 10.4. The van der Waals surface area contributed by atoms with Crippen molar-refractivity contribution in [3.63, 3.8) is 0 Å². The fourth-order valence-corrected chi connectivity index (χ4v) is 7.76. The summed E-state index contributed by atoms with van der Waals surface area (Å²) in [7, 11) is -4.13. The van der Waals surface area contributed by atoms with E-state index in [2.05, 4.69) is 20.9 Å². The maximum atomic E-state index is 14.2. The van der Waals surface area contributed by atoms with Gasteiger partial charge in [0, 0.05) is 44.9 Å². The molecule has 4 N–H and O–H groups in total. The number of aromatic nitrogens is 1. The van der Waals surface area contributed by atoms with E-state index in [1.807, 2.05) is 51.1 Å². The quantitative estimate of drug-likeness (QED) is 0.155. The second kappa shape index (κ2) is 15.4. The van der Waals surface area contributed by atoms with Crippen LogP contribution in [0.1, 0.15) is 58.4 Å². The molecule has 1 fully saturated rings. The van der Waals surface area contributed by atoms with Gasteiger partial charge in [-0.1, -0.05) is 51.1 Å². The van der Waals surface area contributed by atoms with E-state index in [1.165, 1.54) is 21.7 Å². The summed E-state index contributed by atoms with van der Waals surface area (Å²) < 4.78 is 30.3. The molecule has 1 unspecified atom stereocenters. The summed E-state index contributed by atoms with van der Waals surface area (Å²) in [6, 6.07) is 14.6. The molecule has 2 amide bonds. The maximum Gasteiger partial charge on any atom is 0.245 e. The Kier molecular flexibility index (Phi) is 11.9. The van der Waals surface area contributed by atoms with Crippen LogP contribution in [0.2, 0.25) is 0 Å². The van der Waals surface area contributed by atoms with Crippen molar-refractivity contribution < 1.29 is 23.1 Å². The highest BCUT2D eigenvalue weighted by atomic mass is 32.2. The zero-order valence-corrected chi connectivity index (χ0v) is 27.4. The third kappa shape index (κ3) is 9.80. The van der Waals surface area contributed by atoms with Crippen LogP contribution in [-0.2, 0) is 26.0 Å². The van der Waals surface area contributed by atoms with Crippen molar-refractivity contribution in [3.8, 4) is 0 Å². The van der Waals surface area contributed by atoms with E-state index < -0.39 is 15.7 Å². The minimum atomic E-state index is -4.13. The molecule has 4 rings (SSSR count). The van der Waals surface area contributed by atoms with Gasteiger partial charge in [-0.3, -0.25) is 9.59 Å². The van der Waals surface area contributed by atoms with E-state index in [1.54, 1.807) is 17.6 Å². The Balaban J connectivity index is 1.42. The molecule has 0 bridgehead atoms. The molecule has 1 heterocycles. The molecule has 0 radical (unpaired) electrons. The van der Waals surface area contributed by atoms with E-state index in [0.717, 1.165) is 23.1 Å². The summed E-state index contributed by atoms with van der Waals surface area (Å²) in [5.41, 5.74) is 1.37. The lowest BCUT2D eigenvalue weighted by Gasteiger charge is -2.40. The summed E-state index contributed by atoms with van der Waals surface area (Å²) in [5.74, 6) is -0.261. The lowest BCUT2D eigenvalue weighted by atomic mass is 9.98. The fourth-order valence-electron chi connectivity index (χ4n) is 5.11. The van der Waals surface area contributed by atoms with Crippen molar-refractivity contribution in [1.29, 1.82) is 0 Å². The largest absolute Gasteiger partial charge is 0.374 e. The minimum absolute atomic E-state index is 0.000812. The zero-order valence-electron chi connectivity index (χ0n) is 25.8. The first-order valence-electron chi connectivity index (χ1n) is 15.4. The highest BCUT2D eigenvalue weighted by Crippen LogP contribution is 2.32. The number of nitrogens with one attached hydrogen (secondary N) is 3. The molecule has 0 saturated heterocycles. The van der Waals surface area contributed by atoms with Crippen LogP contribution in [0.15, 0.2) is 58.9 Å². The van der Waals surface area contributed by atoms with Gasteiger partial charge in [-0.15, -0.1) is 11.3 Å². The molecule has 1 aromatic heterocycles. The van der Waals surface area contributed by atoms with Gasteiger partial charge in [0.15, 0.2) is 0 Å². The summed E-state index contributed by atoms with van der Waals surface area (Å²) in [5, 5.41) is 21.2. The van der Waals surface area contributed by atoms with Crippen LogP contribution >= 0.6 is 11.3 Å². The number of thiazole rings is 1. The van der Waals surface area contributed by atoms with E-state index in [0.29, 0.717) is 31.1 Å². The maximum absolute atomic E-state index is 14.2. The van der Waals surface area contributed by atoms with Gasteiger partial charge in [0.05, 0.1) is 27.2 Å². The Morgan fingerprint density at radius 3 is 2.50 bits per heavy atom. The Hall–Kier alpha value is -2.90. The average Bonchev–Trinajstić information content (AvgIpc) is 3.69. The predicted molar refractivity (Wildman–Crippen MR) is 174 cm³/mol. The smallest absolute Gasteiger partial charge is 0.245 e. The van der Waals surface area contributed by atoms with Crippen LogP contribution in [0, 0.1) is 11.8 Å². The second-order valence-electron chi connectivity index (χ2n) is 12.3. The summed E-state index contributed by atoms with van der Waals surface area (Å²) >= 11 is 1.36. The Bertz CT molecular complexity index is 1490. The van der Waals surface area contributed by atoms with E-state index in [4.69, 9.17) is 0 Å². The van der Waals surface area contributed by atoms with E-state index in [-0.39, 0.29) is 60.9 Å². The number of hydrogen-bond acceptors (Lipinski definition) is 8. The standard InChI is InChI=1S/C32H45N5O5S2/c1-23(2)21-37(44(41,42)27-11-12-28-29(18-27)43-22-36-28)32(40,19-25-7-5-4-6-8-25)14-16-34-30(38)17-24(3)13-15-33-31(39)20-35-26-9-10-26/h4-8,11-12,18,22-24,26,35,40H,9-10,13-17,19-21H2,1-3H3,(H,33,39)(H,34,38)/t24-,32?/m0/s1. The van der Waals surface area contributed by atoms with E-state index in [9.17, 15) is 23.1 Å². The normalized spacial score (nSPS) is 15.8. The molecule has 2 aromatic carbocycles. The number of amides is 2. The molecule has 1 aliphatic carbocycles. The molecular weight excluding hydrogens is 599 g/mol. The van der Waals surface area contributed by atoms with Crippen LogP contribution in [0.3, 0.4) is 0 Å². The molecule has 3 aromatic rings. The number of carbonyl (C=O) groups excluding carboxylic acids is 2. The lowest BCUT2D eigenvalue weighted by Crippen LogP contribution is -2.55. The topological polar surface area (TPSA) is 141 Å². The summed E-state index contributed by atoms with van der Waals surface area (Å²) in [4.78, 5) is 29.1. The van der Waals surface area contributed by atoms with Crippen LogP contribution in [-0.4, -0.2) is 72.6 Å². The number of hydrogen-bond donors (Lipinski definition) is 4. The Labute approximate surface area is 264 Å². The first-order valence-corrected chi connectivity index (χ1v) is 17.7. The number of aliphatic hydroxyl groups is 1. The van der Waals surface area contributed by atoms with Gasteiger partial charge in [-0.2, -0.15) is 4.31 Å². The van der Waals surface area contributed by atoms with Gasteiger partial charge < -0.3 is 21.1 Å². The number of fused-ring (bicyclic) bond motifs is 1. The Morgan fingerprint density at radius 1 is 1.07 bits per heavy atom. The van der Waals surface area contributed by atoms with Crippen LogP contribution in [0.25, 0.3) is 10.2 Å². The first kappa shape index (κ1) is 34.0. The van der Waals surface area contributed by atoms with Gasteiger partial charge >= 0.3 is 0 Å². The molecule has 2 atom stereocenters. The van der Waals surface area contributed by atoms with Gasteiger partial charge in [0.2, 0.25) is 21.8 Å². The molecular formula is C32H45N5O5S2. The van der Waals surface area contributed by atoms with Crippen molar-refractivity contribution in [2.24, 2.45) is 11.8 Å². The number of carbonyl (C=O) groups is 2. The highest BCUT2D eigenvalue weighted by Gasteiger charge is 2.43. The fraction of sp³-hybridized carbons (Fsp3) is 0.531. The van der Waals surface area contributed by atoms with Gasteiger partial charge in [-0.05, 0) is 54.9 Å². The Morgan fingerprint density at radius 2 is 1.80 bits per heavy atom. The van der Waals surface area contributed by atoms with Crippen molar-refractivity contribution >= 4 is 43.4 Å². The van der Waals surface area contributed by atoms with Gasteiger partial charge in [-0.25, -0.2) is 13.4 Å². The lowest BCUT2D eigenvalue weighted by molar-refractivity contribution is -0.122. The van der Waals surface area contributed by atoms with Crippen LogP contribution in [0.5, 0.6) is 0 Å². The highest BCUT2D eigenvalue weighted by molar-refractivity contribution is 7.89. The average molecular weight is 644 g/mol. The SMILES string of the molecule is CC(C)CN(C(O)(CCNC(=O)C[C@@H](C)CCNC(=O)CNC1CC1)Cc1ccccc1)S(=O)(=O)c1ccc2ncsc2c1. The summed E-state index contributed by atoms with van der Waals surface area (Å²) in [6.45, 7) is 6.77. The zero-order chi connectivity index (χ0) is 31.7. The van der Waals surface area contributed by atoms with Crippen molar-refractivity contribution in [1.82, 2.24) is 25.2 Å². The number of benzene rings is 2. The number of sulfonamides is 1. The minimum Gasteiger partial charge on any atom is -0.374 e. The molecule has 0 aliphatic heterocycles. The molecule has 1 aliphatic rings. The number of nitrogens with zero attached hydrogens (tertiary/aromatic N) is 2. The third-order valence-electron chi connectivity index (χ3n) is 7.69. The van der Waals surface area contributed by atoms with Crippen molar-refractivity contribution in [2.75, 3.05) is 26.2 Å². The molecule has 10 nitrogen and oxygen atoms in total. The molecule has 0 spiro atoms.